The fourth-order valence-corrected chi connectivity index (χ4v) is 1.18. The van der Waals surface area contributed by atoms with E-state index < -0.39 is 5.41 Å². The smallest absolute Gasteiger partial charge is 0.215 e. The molecule has 0 unspecified atom stereocenters. The molecule has 0 amide bonds. The molecule has 72 valence electrons. The Morgan fingerprint density at radius 1 is 1.36 bits per heavy atom. The summed E-state index contributed by atoms with van der Waals surface area (Å²) in [6, 6.07) is 5.79. The first kappa shape index (κ1) is 10.5. The number of carbonyl (C=O) groups excluding carboxylic acids is 1. The summed E-state index contributed by atoms with van der Waals surface area (Å²) in [6.07, 6.45) is 5.05. The molecule has 0 spiro atoms. The minimum absolute atomic E-state index is 0.302. The van der Waals surface area contributed by atoms with Crippen molar-refractivity contribution in [2.45, 2.75) is 19.3 Å². The zero-order chi connectivity index (χ0) is 10.8. The van der Waals surface area contributed by atoms with Crippen molar-refractivity contribution >= 4 is 5.78 Å². The van der Waals surface area contributed by atoms with Gasteiger partial charge in [-0.3, -0.25) is 4.79 Å². The van der Waals surface area contributed by atoms with E-state index in [1.165, 1.54) is 12.1 Å². The molecule has 1 nitrogen and oxygen atoms in total. The second-order valence-corrected chi connectivity index (χ2v) is 3.61. The molecule has 0 radical (unpaired) electrons. The summed E-state index contributed by atoms with van der Waals surface area (Å²) in [7, 11) is 0. The van der Waals surface area contributed by atoms with E-state index in [0.717, 1.165) is 5.56 Å². The summed E-state index contributed by atoms with van der Waals surface area (Å²) in [6.45, 7) is 3.45. The maximum absolute atomic E-state index is 12.6. The number of rotatable bonds is 2. The lowest BCUT2D eigenvalue weighted by atomic mass is 9.81. The molecule has 14 heavy (non-hydrogen) atoms. The third-order valence-electron chi connectivity index (χ3n) is 2.26. The zero-order valence-electron chi connectivity index (χ0n) is 8.17. The van der Waals surface area contributed by atoms with Crippen molar-refractivity contribution in [3.05, 3.63) is 35.6 Å². The number of terminal acetylenes is 1. The van der Waals surface area contributed by atoms with Gasteiger partial charge >= 0.3 is 0 Å². The van der Waals surface area contributed by atoms with Crippen LogP contribution >= 0.6 is 0 Å². The molecule has 1 rings (SSSR count). The van der Waals surface area contributed by atoms with E-state index >= 15 is 0 Å². The second-order valence-electron chi connectivity index (χ2n) is 3.61. The minimum Gasteiger partial charge on any atom is -0.284 e. The standard InChI is InChI=1S/C12H11FO/c1-4-11(14)12(2,3)9-5-7-10(13)8-6-9/h1,5-8H,2-3H3. The van der Waals surface area contributed by atoms with Gasteiger partial charge in [-0.1, -0.05) is 12.1 Å². The van der Waals surface area contributed by atoms with Gasteiger partial charge in [-0.25, -0.2) is 4.39 Å². The monoisotopic (exact) mass is 190 g/mol. The van der Waals surface area contributed by atoms with Gasteiger partial charge in [0.05, 0.1) is 5.41 Å². The van der Waals surface area contributed by atoms with Crippen molar-refractivity contribution in [3.63, 3.8) is 0 Å². The molecular weight excluding hydrogens is 179 g/mol. The first-order chi connectivity index (χ1) is 6.48. The van der Waals surface area contributed by atoms with Crippen LogP contribution in [0.2, 0.25) is 0 Å². The highest BCUT2D eigenvalue weighted by atomic mass is 19.1. The third-order valence-corrected chi connectivity index (χ3v) is 2.26. The Bertz CT molecular complexity index is 382. The predicted molar refractivity (Wildman–Crippen MR) is 53.3 cm³/mol. The molecule has 0 aliphatic carbocycles. The molecule has 0 bridgehead atoms. The van der Waals surface area contributed by atoms with Crippen molar-refractivity contribution in [3.8, 4) is 12.3 Å². The van der Waals surface area contributed by atoms with Crippen LogP contribution < -0.4 is 0 Å². The van der Waals surface area contributed by atoms with E-state index in [1.807, 2.05) is 0 Å². The molecule has 1 aromatic rings. The van der Waals surface area contributed by atoms with Crippen LogP contribution in [0.4, 0.5) is 4.39 Å². The SMILES string of the molecule is C#CC(=O)C(C)(C)c1ccc(F)cc1. The van der Waals surface area contributed by atoms with E-state index in [9.17, 15) is 9.18 Å². The summed E-state index contributed by atoms with van der Waals surface area (Å²) in [4.78, 5) is 11.4. The molecule has 0 heterocycles. The summed E-state index contributed by atoms with van der Waals surface area (Å²) in [5.74, 6) is 1.46. The largest absolute Gasteiger partial charge is 0.284 e. The van der Waals surface area contributed by atoms with Gasteiger partial charge in [-0.05, 0) is 37.5 Å². The average molecular weight is 190 g/mol. The van der Waals surface area contributed by atoms with Crippen molar-refractivity contribution < 1.29 is 9.18 Å². The Hall–Kier alpha value is -1.62. The summed E-state index contributed by atoms with van der Waals surface area (Å²) in [5.41, 5.74) is -0.0236. The number of hydrogen-bond donors (Lipinski definition) is 0. The van der Waals surface area contributed by atoms with Crippen LogP contribution in [-0.2, 0) is 10.2 Å². The van der Waals surface area contributed by atoms with Crippen molar-refractivity contribution in [2.75, 3.05) is 0 Å². The Morgan fingerprint density at radius 2 is 1.86 bits per heavy atom. The van der Waals surface area contributed by atoms with Gasteiger partial charge in [-0.2, -0.15) is 0 Å². The molecule has 0 fully saturated rings. The Morgan fingerprint density at radius 3 is 2.29 bits per heavy atom. The van der Waals surface area contributed by atoms with E-state index in [1.54, 1.807) is 26.0 Å². The fraction of sp³-hybridized carbons (Fsp3) is 0.250. The number of halogens is 1. The predicted octanol–water partition coefficient (Wildman–Crippen LogP) is 2.31. The van der Waals surface area contributed by atoms with Gasteiger partial charge in [0.1, 0.15) is 5.82 Å². The first-order valence-corrected chi connectivity index (χ1v) is 4.25. The minimum atomic E-state index is -0.748. The lowest BCUT2D eigenvalue weighted by molar-refractivity contribution is -0.117. The number of ketones is 1. The molecule has 0 aliphatic heterocycles. The highest BCUT2D eigenvalue weighted by Crippen LogP contribution is 2.23. The van der Waals surface area contributed by atoms with Crippen LogP contribution in [0.15, 0.2) is 24.3 Å². The molecule has 2 heteroatoms. The number of hydrogen-bond acceptors (Lipinski definition) is 1. The average Bonchev–Trinajstić information content (AvgIpc) is 2.17. The van der Waals surface area contributed by atoms with Gasteiger partial charge in [0.25, 0.3) is 0 Å². The van der Waals surface area contributed by atoms with E-state index in [0.29, 0.717) is 0 Å². The summed E-state index contributed by atoms with van der Waals surface area (Å²) in [5, 5.41) is 0. The second kappa shape index (κ2) is 3.63. The van der Waals surface area contributed by atoms with Crippen LogP contribution in [0.3, 0.4) is 0 Å². The molecule has 0 saturated heterocycles. The Labute approximate surface area is 82.9 Å². The van der Waals surface area contributed by atoms with Crippen LogP contribution in [-0.4, -0.2) is 5.78 Å². The highest BCUT2D eigenvalue weighted by Gasteiger charge is 2.27. The normalized spacial score (nSPS) is 10.7. The molecule has 0 saturated carbocycles. The van der Waals surface area contributed by atoms with Gasteiger partial charge in [0.15, 0.2) is 0 Å². The molecule has 0 atom stereocenters. The lowest BCUT2D eigenvalue weighted by Crippen LogP contribution is -2.27. The van der Waals surface area contributed by atoms with Crippen molar-refractivity contribution in [2.24, 2.45) is 0 Å². The Kier molecular flexibility index (Phi) is 2.71. The maximum atomic E-state index is 12.6. The number of carbonyl (C=O) groups is 1. The van der Waals surface area contributed by atoms with Crippen molar-refractivity contribution in [1.82, 2.24) is 0 Å². The lowest BCUT2D eigenvalue weighted by Gasteiger charge is -2.20. The zero-order valence-corrected chi connectivity index (χ0v) is 8.17. The molecule has 0 N–H and O–H groups in total. The van der Waals surface area contributed by atoms with Gasteiger partial charge in [0.2, 0.25) is 5.78 Å². The highest BCUT2D eigenvalue weighted by molar-refractivity contribution is 6.02. The molecule has 1 aromatic carbocycles. The molecule has 0 aromatic heterocycles. The van der Waals surface area contributed by atoms with Gasteiger partial charge in [-0.15, -0.1) is 6.42 Å². The molecular formula is C12H11FO. The number of benzene rings is 1. The summed E-state index contributed by atoms with van der Waals surface area (Å²) >= 11 is 0. The topological polar surface area (TPSA) is 17.1 Å². The third kappa shape index (κ3) is 1.82. The summed E-state index contributed by atoms with van der Waals surface area (Å²) < 4.78 is 12.6. The van der Waals surface area contributed by atoms with E-state index in [4.69, 9.17) is 6.42 Å². The van der Waals surface area contributed by atoms with Crippen LogP contribution in [0.25, 0.3) is 0 Å². The van der Waals surface area contributed by atoms with Crippen LogP contribution in [0, 0.1) is 18.2 Å². The Balaban J connectivity index is 3.11. The van der Waals surface area contributed by atoms with Gasteiger partial charge < -0.3 is 0 Å². The quantitative estimate of drug-likeness (QED) is 0.516. The molecule has 0 aliphatic rings. The van der Waals surface area contributed by atoms with Crippen LogP contribution in [0.1, 0.15) is 19.4 Å². The fourth-order valence-electron chi connectivity index (χ4n) is 1.18. The van der Waals surface area contributed by atoms with Gasteiger partial charge in [0, 0.05) is 0 Å². The van der Waals surface area contributed by atoms with Crippen molar-refractivity contribution in [1.29, 1.82) is 0 Å². The first-order valence-electron chi connectivity index (χ1n) is 4.25. The number of Topliss-reactive ketones (excluding diaryl/α,β-unsaturated/α-hetero) is 1. The van der Waals surface area contributed by atoms with E-state index in [2.05, 4.69) is 5.92 Å². The van der Waals surface area contributed by atoms with E-state index in [-0.39, 0.29) is 11.6 Å². The van der Waals surface area contributed by atoms with Crippen LogP contribution in [0.5, 0.6) is 0 Å². The maximum Gasteiger partial charge on any atom is 0.215 e.